The predicted molar refractivity (Wildman–Crippen MR) is 129 cm³/mol. The monoisotopic (exact) mass is 450 g/mol. The zero-order valence-electron chi connectivity index (χ0n) is 19.1. The molecular formula is C29H29F3O. The second-order valence-electron chi connectivity index (χ2n) is 8.60. The number of allylic oxidation sites excluding steroid dienone is 2. The van der Waals surface area contributed by atoms with Crippen molar-refractivity contribution >= 4 is 5.57 Å². The topological polar surface area (TPSA) is 9.23 Å². The van der Waals surface area contributed by atoms with Crippen molar-refractivity contribution in [2.75, 3.05) is 6.61 Å². The van der Waals surface area contributed by atoms with Crippen LogP contribution in [0.25, 0.3) is 27.8 Å². The van der Waals surface area contributed by atoms with Gasteiger partial charge >= 0.3 is 0 Å². The SMILES string of the molecule is CCCC1CC=C(c2ccc(-c3ccc(-c4ccc(OCC)c(F)c4F)cc3)cc2F)CC1. The van der Waals surface area contributed by atoms with Gasteiger partial charge in [-0.25, -0.2) is 8.78 Å². The molecule has 1 unspecified atom stereocenters. The first-order valence-electron chi connectivity index (χ1n) is 11.7. The average molecular weight is 451 g/mol. The summed E-state index contributed by atoms with van der Waals surface area (Å²) in [5.41, 5.74) is 4.05. The van der Waals surface area contributed by atoms with Gasteiger partial charge in [0.1, 0.15) is 5.82 Å². The lowest BCUT2D eigenvalue weighted by molar-refractivity contribution is 0.314. The van der Waals surface area contributed by atoms with Crippen LogP contribution < -0.4 is 4.74 Å². The normalized spacial score (nSPS) is 15.9. The van der Waals surface area contributed by atoms with Crippen LogP contribution in [0.1, 0.15) is 51.5 Å². The Morgan fingerprint density at radius 2 is 1.52 bits per heavy atom. The zero-order valence-corrected chi connectivity index (χ0v) is 19.1. The molecule has 0 N–H and O–H groups in total. The van der Waals surface area contributed by atoms with Gasteiger partial charge in [-0.2, -0.15) is 4.39 Å². The summed E-state index contributed by atoms with van der Waals surface area (Å²) in [6.45, 7) is 4.18. The van der Waals surface area contributed by atoms with Crippen molar-refractivity contribution in [1.29, 1.82) is 0 Å². The van der Waals surface area contributed by atoms with Gasteiger partial charge in [0.25, 0.3) is 0 Å². The second-order valence-corrected chi connectivity index (χ2v) is 8.60. The first-order chi connectivity index (χ1) is 16.0. The Bertz CT molecular complexity index is 1150. The predicted octanol–water partition coefficient (Wildman–Crippen LogP) is 8.82. The van der Waals surface area contributed by atoms with Gasteiger partial charge in [-0.3, -0.25) is 0 Å². The van der Waals surface area contributed by atoms with Gasteiger partial charge in [0, 0.05) is 11.1 Å². The number of rotatable bonds is 7. The third-order valence-corrected chi connectivity index (χ3v) is 6.41. The van der Waals surface area contributed by atoms with E-state index in [4.69, 9.17) is 4.74 Å². The summed E-state index contributed by atoms with van der Waals surface area (Å²) in [5.74, 6) is -1.54. The number of ether oxygens (including phenoxy) is 1. The highest BCUT2D eigenvalue weighted by molar-refractivity contribution is 5.74. The molecule has 33 heavy (non-hydrogen) atoms. The third-order valence-electron chi connectivity index (χ3n) is 6.41. The molecule has 0 aromatic heterocycles. The molecule has 0 saturated carbocycles. The van der Waals surface area contributed by atoms with Gasteiger partial charge in [0.05, 0.1) is 6.61 Å². The molecule has 4 heteroatoms. The minimum atomic E-state index is -0.992. The van der Waals surface area contributed by atoms with Crippen LogP contribution in [-0.4, -0.2) is 6.61 Å². The summed E-state index contributed by atoms with van der Waals surface area (Å²) >= 11 is 0. The zero-order chi connectivity index (χ0) is 23.4. The molecule has 0 amide bonds. The molecule has 0 aliphatic heterocycles. The summed E-state index contributed by atoms with van der Waals surface area (Å²) in [4.78, 5) is 0. The van der Waals surface area contributed by atoms with Gasteiger partial charge in [-0.15, -0.1) is 0 Å². The van der Waals surface area contributed by atoms with E-state index < -0.39 is 11.6 Å². The molecular weight excluding hydrogens is 421 g/mol. The standard InChI is InChI=1S/C29H29F3O/c1-3-5-19-6-8-21(9-7-19)24-15-14-23(18-26(24)30)20-10-12-22(13-11-20)25-16-17-27(33-4-2)29(32)28(25)31/h8,10-19H,3-7,9H2,1-2H3. The molecule has 3 aromatic rings. The molecule has 0 saturated heterocycles. The molecule has 0 spiro atoms. The molecule has 0 heterocycles. The number of hydrogen-bond acceptors (Lipinski definition) is 1. The Morgan fingerprint density at radius 3 is 2.15 bits per heavy atom. The fraction of sp³-hybridized carbons (Fsp3) is 0.310. The fourth-order valence-electron chi connectivity index (χ4n) is 4.62. The van der Waals surface area contributed by atoms with Crippen molar-refractivity contribution in [2.45, 2.75) is 46.0 Å². The van der Waals surface area contributed by atoms with Crippen molar-refractivity contribution < 1.29 is 17.9 Å². The maximum atomic E-state index is 15.0. The third kappa shape index (κ3) is 5.00. The Balaban J connectivity index is 1.54. The lowest BCUT2D eigenvalue weighted by atomic mass is 9.84. The van der Waals surface area contributed by atoms with Crippen LogP contribution in [0.15, 0.2) is 60.7 Å². The molecule has 0 fully saturated rings. The van der Waals surface area contributed by atoms with E-state index >= 15 is 0 Å². The minimum Gasteiger partial charge on any atom is -0.491 e. The quantitative estimate of drug-likeness (QED) is 0.349. The van der Waals surface area contributed by atoms with E-state index in [0.717, 1.165) is 36.0 Å². The maximum Gasteiger partial charge on any atom is 0.201 e. The van der Waals surface area contributed by atoms with Crippen molar-refractivity contribution in [3.63, 3.8) is 0 Å². The van der Waals surface area contributed by atoms with Crippen LogP contribution in [-0.2, 0) is 0 Å². The maximum absolute atomic E-state index is 15.0. The second kappa shape index (κ2) is 10.3. The van der Waals surface area contributed by atoms with Gasteiger partial charge in [-0.05, 0) is 72.6 Å². The molecule has 3 aromatic carbocycles. The van der Waals surface area contributed by atoms with Crippen molar-refractivity contribution in [1.82, 2.24) is 0 Å². The van der Waals surface area contributed by atoms with Crippen molar-refractivity contribution in [2.24, 2.45) is 5.92 Å². The van der Waals surface area contributed by atoms with Crippen LogP contribution in [0.5, 0.6) is 5.75 Å². The first-order valence-corrected chi connectivity index (χ1v) is 11.7. The van der Waals surface area contributed by atoms with Gasteiger partial charge in [-0.1, -0.05) is 62.2 Å². The largest absolute Gasteiger partial charge is 0.491 e. The lowest BCUT2D eigenvalue weighted by Crippen LogP contribution is -2.05. The van der Waals surface area contributed by atoms with E-state index in [0.29, 0.717) is 17.0 Å². The summed E-state index contributed by atoms with van der Waals surface area (Å²) in [7, 11) is 0. The Morgan fingerprint density at radius 1 is 0.818 bits per heavy atom. The van der Waals surface area contributed by atoms with Crippen LogP contribution in [0.3, 0.4) is 0 Å². The van der Waals surface area contributed by atoms with Crippen LogP contribution in [0.2, 0.25) is 0 Å². The van der Waals surface area contributed by atoms with E-state index in [2.05, 4.69) is 13.0 Å². The molecule has 4 rings (SSSR count). The molecule has 1 aliphatic rings. The van der Waals surface area contributed by atoms with E-state index in [1.807, 2.05) is 12.1 Å². The fourth-order valence-corrected chi connectivity index (χ4v) is 4.62. The highest BCUT2D eigenvalue weighted by Gasteiger charge is 2.18. The molecule has 1 atom stereocenters. The summed E-state index contributed by atoms with van der Waals surface area (Å²) in [6.07, 6.45) is 7.67. The van der Waals surface area contributed by atoms with Gasteiger partial charge < -0.3 is 4.74 Å². The van der Waals surface area contributed by atoms with Gasteiger partial charge in [0.2, 0.25) is 5.82 Å². The minimum absolute atomic E-state index is 0.0973. The van der Waals surface area contributed by atoms with Crippen LogP contribution in [0, 0.1) is 23.4 Å². The smallest absolute Gasteiger partial charge is 0.201 e. The Labute approximate surface area is 193 Å². The van der Waals surface area contributed by atoms with E-state index in [1.54, 1.807) is 37.3 Å². The Kier molecular flexibility index (Phi) is 7.22. The molecule has 172 valence electrons. The van der Waals surface area contributed by atoms with E-state index in [9.17, 15) is 13.2 Å². The van der Waals surface area contributed by atoms with Crippen LogP contribution in [0.4, 0.5) is 13.2 Å². The van der Waals surface area contributed by atoms with Crippen molar-refractivity contribution in [3.8, 4) is 28.0 Å². The van der Waals surface area contributed by atoms with Crippen molar-refractivity contribution in [3.05, 3.63) is 83.7 Å². The first kappa shape index (κ1) is 23.2. The van der Waals surface area contributed by atoms with Crippen LogP contribution >= 0.6 is 0 Å². The van der Waals surface area contributed by atoms with E-state index in [-0.39, 0.29) is 23.7 Å². The summed E-state index contributed by atoms with van der Waals surface area (Å²) in [5, 5.41) is 0. The summed E-state index contributed by atoms with van der Waals surface area (Å²) in [6, 6.07) is 15.3. The molecule has 0 bridgehead atoms. The lowest BCUT2D eigenvalue weighted by Gasteiger charge is -2.22. The Hall–Kier alpha value is -3.01. The van der Waals surface area contributed by atoms with Gasteiger partial charge in [0.15, 0.2) is 11.6 Å². The number of halogens is 3. The summed E-state index contributed by atoms with van der Waals surface area (Å²) < 4.78 is 48.8. The highest BCUT2D eigenvalue weighted by Crippen LogP contribution is 2.35. The highest BCUT2D eigenvalue weighted by atomic mass is 19.2. The molecule has 0 radical (unpaired) electrons. The molecule has 1 aliphatic carbocycles. The number of benzene rings is 3. The molecule has 1 nitrogen and oxygen atoms in total. The van der Waals surface area contributed by atoms with E-state index in [1.165, 1.54) is 25.0 Å². The average Bonchev–Trinajstić information content (AvgIpc) is 2.83. The number of hydrogen-bond donors (Lipinski definition) is 0.